The number of methoxy groups -OCH3 is 1. The lowest BCUT2D eigenvalue weighted by molar-refractivity contribution is 0.211. The van der Waals surface area contributed by atoms with Crippen LogP contribution in [0.25, 0.3) is 11.3 Å². The molecule has 0 radical (unpaired) electrons. The van der Waals surface area contributed by atoms with Crippen LogP contribution in [0.2, 0.25) is 0 Å². The number of anilines is 1. The Labute approximate surface area is 128 Å². The van der Waals surface area contributed by atoms with Gasteiger partial charge in [0, 0.05) is 31.3 Å². The van der Waals surface area contributed by atoms with E-state index in [0.717, 1.165) is 17.2 Å². The highest BCUT2D eigenvalue weighted by Crippen LogP contribution is 2.22. The van der Waals surface area contributed by atoms with Crippen LogP contribution >= 0.6 is 11.3 Å². The van der Waals surface area contributed by atoms with Crippen LogP contribution in [0, 0.1) is 0 Å². The minimum absolute atomic E-state index is 0.0144. The summed E-state index contributed by atoms with van der Waals surface area (Å²) in [7, 11) is 1.66. The molecular weight excluding hydrogens is 286 g/mol. The number of ether oxygens (including phenoxy) is 1. The molecule has 114 valence electrons. The van der Waals surface area contributed by atoms with Gasteiger partial charge in [0.15, 0.2) is 5.13 Å². The molecule has 5 nitrogen and oxygen atoms in total. The molecule has 6 heteroatoms. The van der Waals surface area contributed by atoms with Crippen molar-refractivity contribution in [2.75, 3.05) is 25.6 Å². The molecule has 0 bridgehead atoms. The zero-order valence-electron chi connectivity index (χ0n) is 12.6. The molecule has 2 aromatic rings. The number of hydrogen-bond donors (Lipinski definition) is 1. The highest BCUT2D eigenvalue weighted by molar-refractivity contribution is 7.14. The molecule has 1 unspecified atom stereocenters. The van der Waals surface area contributed by atoms with Crippen LogP contribution in [0.15, 0.2) is 28.5 Å². The fraction of sp³-hybridized carbons (Fsp3) is 0.467. The van der Waals surface area contributed by atoms with Gasteiger partial charge in [-0.25, -0.2) is 4.98 Å². The van der Waals surface area contributed by atoms with Crippen LogP contribution in [0.5, 0.6) is 0 Å². The second kappa shape index (κ2) is 7.38. The first kappa shape index (κ1) is 15.7. The summed E-state index contributed by atoms with van der Waals surface area (Å²) in [6.07, 6.45) is 2.76. The van der Waals surface area contributed by atoms with Crippen molar-refractivity contribution < 1.29 is 4.74 Å². The first-order valence-corrected chi connectivity index (χ1v) is 7.95. The van der Waals surface area contributed by atoms with Crippen LogP contribution < -0.4 is 10.9 Å². The Morgan fingerprint density at radius 2 is 2.33 bits per heavy atom. The van der Waals surface area contributed by atoms with E-state index in [1.54, 1.807) is 11.7 Å². The van der Waals surface area contributed by atoms with E-state index in [4.69, 9.17) is 4.74 Å². The third kappa shape index (κ3) is 3.71. The maximum Gasteiger partial charge on any atom is 0.260 e. The molecule has 0 fully saturated rings. The number of nitrogens with zero attached hydrogens (tertiary/aromatic N) is 2. The van der Waals surface area contributed by atoms with Crippen molar-refractivity contribution in [1.82, 2.24) is 9.55 Å². The summed E-state index contributed by atoms with van der Waals surface area (Å²) in [5.74, 6) is 0. The SMILES string of the molecule is CCC(C)n1cccc(-c2csc(NCCOC)n2)c1=O. The summed E-state index contributed by atoms with van der Waals surface area (Å²) in [4.78, 5) is 17.0. The summed E-state index contributed by atoms with van der Waals surface area (Å²) >= 11 is 1.50. The van der Waals surface area contributed by atoms with Crippen molar-refractivity contribution in [3.05, 3.63) is 34.1 Å². The van der Waals surface area contributed by atoms with Crippen molar-refractivity contribution in [2.45, 2.75) is 26.3 Å². The fourth-order valence-corrected chi connectivity index (χ4v) is 2.73. The molecular formula is C15H21N3O2S. The van der Waals surface area contributed by atoms with Crippen LogP contribution in [0.1, 0.15) is 26.3 Å². The van der Waals surface area contributed by atoms with Gasteiger partial charge in [-0.1, -0.05) is 6.92 Å². The number of aromatic nitrogens is 2. The van der Waals surface area contributed by atoms with E-state index in [1.807, 2.05) is 30.6 Å². The van der Waals surface area contributed by atoms with Crippen molar-refractivity contribution >= 4 is 16.5 Å². The molecule has 0 aliphatic heterocycles. The van der Waals surface area contributed by atoms with E-state index in [1.165, 1.54) is 11.3 Å². The van der Waals surface area contributed by atoms with E-state index < -0.39 is 0 Å². The summed E-state index contributed by atoms with van der Waals surface area (Å²) in [6, 6.07) is 3.92. The lowest BCUT2D eigenvalue weighted by Gasteiger charge is -2.13. The standard InChI is InChI=1S/C15H21N3O2S/c1-4-11(2)18-8-5-6-12(14(18)19)13-10-21-15(17-13)16-7-9-20-3/h5-6,8,10-11H,4,7,9H2,1-3H3,(H,16,17). The van der Waals surface area contributed by atoms with E-state index in [0.29, 0.717) is 18.7 Å². The quantitative estimate of drug-likeness (QED) is 0.799. The minimum Gasteiger partial charge on any atom is -0.383 e. The Morgan fingerprint density at radius 3 is 3.05 bits per heavy atom. The molecule has 1 N–H and O–H groups in total. The molecule has 0 aliphatic carbocycles. The number of hydrogen-bond acceptors (Lipinski definition) is 5. The monoisotopic (exact) mass is 307 g/mol. The second-order valence-corrected chi connectivity index (χ2v) is 5.71. The Morgan fingerprint density at radius 1 is 1.52 bits per heavy atom. The predicted octanol–water partition coefficient (Wildman–Crippen LogP) is 3.00. The molecule has 2 heterocycles. The first-order chi connectivity index (χ1) is 10.2. The van der Waals surface area contributed by atoms with Crippen molar-refractivity contribution in [2.24, 2.45) is 0 Å². The average Bonchev–Trinajstić information content (AvgIpc) is 2.95. The zero-order chi connectivity index (χ0) is 15.2. The zero-order valence-corrected chi connectivity index (χ0v) is 13.4. The fourth-order valence-electron chi connectivity index (χ4n) is 1.99. The van der Waals surface area contributed by atoms with Gasteiger partial charge in [0.1, 0.15) is 0 Å². The minimum atomic E-state index is 0.0144. The third-order valence-electron chi connectivity index (χ3n) is 3.40. The normalized spacial score (nSPS) is 12.3. The lowest BCUT2D eigenvalue weighted by atomic mass is 10.2. The predicted molar refractivity (Wildman–Crippen MR) is 87.2 cm³/mol. The molecule has 1 atom stereocenters. The van der Waals surface area contributed by atoms with Crippen LogP contribution in [0.4, 0.5) is 5.13 Å². The summed E-state index contributed by atoms with van der Waals surface area (Å²) in [6.45, 7) is 5.45. The van der Waals surface area contributed by atoms with Gasteiger partial charge in [0.25, 0.3) is 5.56 Å². The van der Waals surface area contributed by atoms with Gasteiger partial charge in [-0.05, 0) is 25.5 Å². The van der Waals surface area contributed by atoms with Crippen molar-refractivity contribution in [3.8, 4) is 11.3 Å². The summed E-state index contributed by atoms with van der Waals surface area (Å²) in [5, 5.41) is 5.89. The molecule has 0 amide bonds. The lowest BCUT2D eigenvalue weighted by Crippen LogP contribution is -2.23. The Bertz CT molecular complexity index is 636. The Balaban J connectivity index is 2.24. The molecule has 2 rings (SSSR count). The Kier molecular flexibility index (Phi) is 5.52. The number of thiazole rings is 1. The number of rotatable bonds is 7. The van der Waals surface area contributed by atoms with Crippen LogP contribution in [-0.2, 0) is 4.74 Å². The Hall–Kier alpha value is -1.66. The second-order valence-electron chi connectivity index (χ2n) is 4.85. The van der Waals surface area contributed by atoms with Crippen LogP contribution in [0.3, 0.4) is 0 Å². The molecule has 2 aromatic heterocycles. The van der Waals surface area contributed by atoms with E-state index in [2.05, 4.69) is 17.2 Å². The number of pyridine rings is 1. The van der Waals surface area contributed by atoms with Gasteiger partial charge in [-0.15, -0.1) is 11.3 Å². The highest BCUT2D eigenvalue weighted by Gasteiger charge is 2.12. The van der Waals surface area contributed by atoms with E-state index in [9.17, 15) is 4.79 Å². The van der Waals surface area contributed by atoms with Gasteiger partial charge in [0.05, 0.1) is 17.9 Å². The highest BCUT2D eigenvalue weighted by atomic mass is 32.1. The average molecular weight is 307 g/mol. The molecule has 0 saturated heterocycles. The van der Waals surface area contributed by atoms with E-state index in [-0.39, 0.29) is 11.6 Å². The van der Waals surface area contributed by atoms with Gasteiger partial charge in [-0.3, -0.25) is 4.79 Å². The largest absolute Gasteiger partial charge is 0.383 e. The first-order valence-electron chi connectivity index (χ1n) is 7.07. The van der Waals surface area contributed by atoms with Gasteiger partial charge in [0.2, 0.25) is 0 Å². The number of nitrogens with one attached hydrogen (secondary N) is 1. The maximum atomic E-state index is 12.5. The molecule has 0 saturated carbocycles. The van der Waals surface area contributed by atoms with Gasteiger partial charge >= 0.3 is 0 Å². The summed E-state index contributed by atoms with van der Waals surface area (Å²) in [5.41, 5.74) is 1.39. The van der Waals surface area contributed by atoms with Crippen molar-refractivity contribution in [1.29, 1.82) is 0 Å². The summed E-state index contributed by atoms with van der Waals surface area (Å²) < 4.78 is 6.76. The van der Waals surface area contributed by atoms with Crippen LogP contribution in [-0.4, -0.2) is 29.8 Å². The van der Waals surface area contributed by atoms with Crippen molar-refractivity contribution in [3.63, 3.8) is 0 Å². The van der Waals surface area contributed by atoms with Gasteiger partial charge < -0.3 is 14.6 Å². The molecule has 0 aromatic carbocycles. The van der Waals surface area contributed by atoms with E-state index >= 15 is 0 Å². The third-order valence-corrected chi connectivity index (χ3v) is 4.20. The maximum absolute atomic E-state index is 12.5. The molecule has 0 spiro atoms. The smallest absolute Gasteiger partial charge is 0.260 e. The molecule has 21 heavy (non-hydrogen) atoms. The topological polar surface area (TPSA) is 56.1 Å². The molecule has 0 aliphatic rings. The van der Waals surface area contributed by atoms with Gasteiger partial charge in [-0.2, -0.15) is 0 Å².